The standard InChI is InChI=1S/C22H25BrN2O/c1-21(2,3)16-12-10-15(11-13-16)17-8-7-9-19(18(17)14-24)25(6)20(26)22(4,5)23/h7-13H,1-6H3. The topological polar surface area (TPSA) is 44.1 Å². The van der Waals surface area contributed by atoms with E-state index < -0.39 is 4.32 Å². The van der Waals surface area contributed by atoms with E-state index in [1.807, 2.05) is 30.3 Å². The molecule has 0 bridgehead atoms. The molecule has 2 rings (SSSR count). The van der Waals surface area contributed by atoms with Crippen molar-refractivity contribution in [3.8, 4) is 17.2 Å². The number of nitrogens with zero attached hydrogens (tertiary/aromatic N) is 2. The monoisotopic (exact) mass is 412 g/mol. The molecule has 0 spiro atoms. The first-order chi connectivity index (χ1) is 12.0. The summed E-state index contributed by atoms with van der Waals surface area (Å²) in [6, 6.07) is 16.2. The van der Waals surface area contributed by atoms with Crippen LogP contribution in [0.2, 0.25) is 0 Å². The second-order valence-electron chi connectivity index (χ2n) is 7.98. The van der Waals surface area contributed by atoms with Gasteiger partial charge < -0.3 is 4.90 Å². The Bertz CT molecular complexity index is 850. The maximum absolute atomic E-state index is 12.6. The molecule has 0 aromatic heterocycles. The average molecular weight is 413 g/mol. The van der Waals surface area contributed by atoms with Crippen LogP contribution < -0.4 is 4.90 Å². The number of rotatable bonds is 3. The van der Waals surface area contributed by atoms with Crippen LogP contribution in [0, 0.1) is 11.3 Å². The van der Waals surface area contributed by atoms with E-state index in [2.05, 4.69) is 54.9 Å². The molecule has 26 heavy (non-hydrogen) atoms. The Kier molecular flexibility index (Phi) is 5.63. The van der Waals surface area contributed by atoms with Crippen LogP contribution in [0.5, 0.6) is 0 Å². The van der Waals surface area contributed by atoms with Crippen molar-refractivity contribution in [2.24, 2.45) is 0 Å². The van der Waals surface area contributed by atoms with Crippen LogP contribution >= 0.6 is 15.9 Å². The number of nitriles is 1. The largest absolute Gasteiger partial charge is 0.313 e. The SMILES string of the molecule is CN(C(=O)C(C)(C)Br)c1cccc(-c2ccc(C(C)(C)C)cc2)c1C#N. The minimum absolute atomic E-state index is 0.0759. The van der Waals surface area contributed by atoms with Crippen LogP contribution in [0.1, 0.15) is 45.7 Å². The van der Waals surface area contributed by atoms with Crippen LogP contribution in [0.15, 0.2) is 42.5 Å². The number of alkyl halides is 1. The van der Waals surface area contributed by atoms with Crippen molar-refractivity contribution in [2.45, 2.75) is 44.4 Å². The van der Waals surface area contributed by atoms with Crippen molar-refractivity contribution in [1.82, 2.24) is 0 Å². The number of carbonyl (C=O) groups excluding carboxylic acids is 1. The van der Waals surface area contributed by atoms with Gasteiger partial charge in [-0.1, -0.05) is 73.1 Å². The Hall–Kier alpha value is -2.12. The molecule has 4 heteroatoms. The Morgan fingerprint density at radius 3 is 2.08 bits per heavy atom. The molecule has 136 valence electrons. The molecule has 0 saturated carbocycles. The predicted molar refractivity (Wildman–Crippen MR) is 112 cm³/mol. The molecule has 3 nitrogen and oxygen atoms in total. The van der Waals surface area contributed by atoms with Gasteiger partial charge in [0.25, 0.3) is 0 Å². The first-order valence-corrected chi connectivity index (χ1v) is 9.37. The van der Waals surface area contributed by atoms with Gasteiger partial charge in [0.2, 0.25) is 5.91 Å². The lowest BCUT2D eigenvalue weighted by molar-refractivity contribution is -0.119. The van der Waals surface area contributed by atoms with Gasteiger partial charge in [0.05, 0.1) is 15.6 Å². The van der Waals surface area contributed by atoms with Gasteiger partial charge in [-0.05, 0) is 36.5 Å². The van der Waals surface area contributed by atoms with Crippen LogP contribution in [-0.4, -0.2) is 17.3 Å². The van der Waals surface area contributed by atoms with Crippen molar-refractivity contribution >= 4 is 27.5 Å². The summed E-state index contributed by atoms with van der Waals surface area (Å²) in [6.07, 6.45) is 0. The molecule has 0 aliphatic heterocycles. The molecular formula is C22H25BrN2O. The van der Waals surface area contributed by atoms with Crippen LogP contribution in [0.3, 0.4) is 0 Å². The molecule has 2 aromatic rings. The first-order valence-electron chi connectivity index (χ1n) is 8.58. The number of amides is 1. The van der Waals surface area contributed by atoms with Crippen molar-refractivity contribution in [2.75, 3.05) is 11.9 Å². The molecule has 0 atom stereocenters. The molecule has 0 heterocycles. The number of halogens is 1. The van der Waals surface area contributed by atoms with Gasteiger partial charge in [0.1, 0.15) is 6.07 Å². The summed E-state index contributed by atoms with van der Waals surface area (Å²) in [5.41, 5.74) is 4.23. The third-order valence-electron chi connectivity index (χ3n) is 4.39. The Morgan fingerprint density at radius 2 is 1.62 bits per heavy atom. The van der Waals surface area contributed by atoms with Crippen molar-refractivity contribution in [1.29, 1.82) is 5.26 Å². The van der Waals surface area contributed by atoms with E-state index in [1.54, 1.807) is 25.8 Å². The quantitative estimate of drug-likeness (QED) is 0.610. The molecule has 0 saturated heterocycles. The van der Waals surface area contributed by atoms with E-state index in [1.165, 1.54) is 5.56 Å². The number of hydrogen-bond acceptors (Lipinski definition) is 2. The van der Waals surface area contributed by atoms with Crippen molar-refractivity contribution < 1.29 is 4.79 Å². The highest BCUT2D eigenvalue weighted by Crippen LogP contribution is 2.33. The van der Waals surface area contributed by atoms with Gasteiger partial charge in [-0.2, -0.15) is 5.26 Å². The lowest BCUT2D eigenvalue weighted by Crippen LogP contribution is -2.39. The molecule has 2 aromatic carbocycles. The molecule has 0 fully saturated rings. The molecule has 0 radical (unpaired) electrons. The van der Waals surface area contributed by atoms with Crippen molar-refractivity contribution in [3.05, 3.63) is 53.6 Å². The second kappa shape index (κ2) is 7.25. The van der Waals surface area contributed by atoms with E-state index in [9.17, 15) is 10.1 Å². The maximum Gasteiger partial charge on any atom is 0.243 e. The number of hydrogen-bond donors (Lipinski definition) is 0. The van der Waals surface area contributed by atoms with Gasteiger partial charge in [0.15, 0.2) is 0 Å². The molecule has 0 N–H and O–H groups in total. The van der Waals surface area contributed by atoms with E-state index in [0.29, 0.717) is 11.3 Å². The highest BCUT2D eigenvalue weighted by Gasteiger charge is 2.29. The fourth-order valence-corrected chi connectivity index (χ4v) is 3.10. The summed E-state index contributed by atoms with van der Waals surface area (Å²) in [6.45, 7) is 10.1. The first kappa shape index (κ1) is 20.2. The lowest BCUT2D eigenvalue weighted by Gasteiger charge is -2.26. The van der Waals surface area contributed by atoms with Crippen LogP contribution in [-0.2, 0) is 10.2 Å². The van der Waals surface area contributed by atoms with E-state index in [-0.39, 0.29) is 11.3 Å². The summed E-state index contributed by atoms with van der Waals surface area (Å²) in [5.74, 6) is -0.103. The summed E-state index contributed by atoms with van der Waals surface area (Å²) in [5, 5.41) is 9.78. The zero-order valence-corrected chi connectivity index (χ0v) is 17.8. The summed E-state index contributed by atoms with van der Waals surface area (Å²) in [7, 11) is 1.70. The van der Waals surface area contributed by atoms with Gasteiger partial charge >= 0.3 is 0 Å². The van der Waals surface area contributed by atoms with Gasteiger partial charge in [-0.3, -0.25) is 4.79 Å². The highest BCUT2D eigenvalue weighted by molar-refractivity contribution is 9.10. The van der Waals surface area contributed by atoms with Crippen LogP contribution in [0.4, 0.5) is 5.69 Å². The molecule has 0 unspecified atom stereocenters. The Morgan fingerprint density at radius 1 is 1.04 bits per heavy atom. The zero-order valence-electron chi connectivity index (χ0n) is 16.2. The third-order valence-corrected chi connectivity index (χ3v) is 4.73. The molecule has 0 aliphatic carbocycles. The molecule has 0 aliphatic rings. The number of carbonyl (C=O) groups is 1. The third kappa shape index (κ3) is 4.16. The molecule has 1 amide bonds. The van der Waals surface area contributed by atoms with Gasteiger partial charge in [0, 0.05) is 12.6 Å². The minimum Gasteiger partial charge on any atom is -0.313 e. The fourth-order valence-electron chi connectivity index (χ4n) is 2.84. The normalized spacial score (nSPS) is 11.8. The van der Waals surface area contributed by atoms with E-state index in [4.69, 9.17) is 0 Å². The van der Waals surface area contributed by atoms with Gasteiger partial charge in [-0.25, -0.2) is 0 Å². The van der Waals surface area contributed by atoms with Crippen LogP contribution in [0.25, 0.3) is 11.1 Å². The van der Waals surface area contributed by atoms with Gasteiger partial charge in [-0.15, -0.1) is 0 Å². The predicted octanol–water partition coefficient (Wildman–Crippen LogP) is 5.66. The zero-order chi connectivity index (χ0) is 19.7. The maximum atomic E-state index is 12.6. The molecular weight excluding hydrogens is 388 g/mol. The smallest absolute Gasteiger partial charge is 0.243 e. The lowest BCUT2D eigenvalue weighted by atomic mass is 9.86. The fraction of sp³-hybridized carbons (Fsp3) is 0.364. The summed E-state index contributed by atoms with van der Waals surface area (Å²) >= 11 is 3.40. The summed E-state index contributed by atoms with van der Waals surface area (Å²) < 4.78 is -0.696. The Balaban J connectivity index is 2.53. The number of anilines is 1. The summed E-state index contributed by atoms with van der Waals surface area (Å²) in [4.78, 5) is 14.1. The number of benzene rings is 2. The second-order valence-corrected chi connectivity index (χ2v) is 9.96. The van der Waals surface area contributed by atoms with Crippen molar-refractivity contribution in [3.63, 3.8) is 0 Å². The average Bonchev–Trinajstić information content (AvgIpc) is 2.58. The Labute approximate surface area is 164 Å². The minimum atomic E-state index is -0.696. The van der Waals surface area contributed by atoms with E-state index in [0.717, 1.165) is 11.1 Å². The highest BCUT2D eigenvalue weighted by atomic mass is 79.9. The van der Waals surface area contributed by atoms with E-state index >= 15 is 0 Å².